The van der Waals surface area contributed by atoms with E-state index in [1.54, 1.807) is 6.07 Å². The van der Waals surface area contributed by atoms with Gasteiger partial charge in [0.1, 0.15) is 17.1 Å². The molecule has 7 nitrogen and oxygen atoms in total. The van der Waals surface area contributed by atoms with Crippen LogP contribution in [0.5, 0.6) is 6.01 Å². The van der Waals surface area contributed by atoms with Crippen LogP contribution >= 0.6 is 11.7 Å². The van der Waals surface area contributed by atoms with Gasteiger partial charge in [0, 0.05) is 23.5 Å². The smallest absolute Gasteiger partial charge is 0.317 e. The van der Waals surface area contributed by atoms with Gasteiger partial charge in [0.25, 0.3) is 5.91 Å². The SMILES string of the molecule is Cc1cc(C)nc(O[C@@H]2CCCN(C(=O)c3ccc4nsnc4c3)C2)n1. The minimum atomic E-state index is -0.0985. The minimum Gasteiger partial charge on any atom is -0.458 e. The lowest BCUT2D eigenvalue weighted by molar-refractivity contribution is 0.0515. The summed E-state index contributed by atoms with van der Waals surface area (Å²) in [7, 11) is 0. The van der Waals surface area contributed by atoms with Crippen molar-refractivity contribution in [2.75, 3.05) is 13.1 Å². The van der Waals surface area contributed by atoms with E-state index in [2.05, 4.69) is 18.7 Å². The summed E-state index contributed by atoms with van der Waals surface area (Å²) in [6.07, 6.45) is 1.68. The standard InChI is InChI=1S/C18H19N5O2S/c1-11-8-12(2)20-18(19-11)25-14-4-3-7-23(10-14)17(24)13-5-6-15-16(9-13)22-26-21-15/h5-6,8-9,14H,3-4,7,10H2,1-2H3/t14-/m1/s1. The van der Waals surface area contributed by atoms with Crippen molar-refractivity contribution in [3.05, 3.63) is 41.2 Å². The van der Waals surface area contributed by atoms with Crippen LogP contribution in [0.1, 0.15) is 34.6 Å². The molecule has 1 amide bonds. The number of hydrogen-bond acceptors (Lipinski definition) is 7. The number of fused-ring (bicyclic) bond motifs is 1. The third-order valence-electron chi connectivity index (χ3n) is 4.40. The normalized spacial score (nSPS) is 17.5. The van der Waals surface area contributed by atoms with Gasteiger partial charge < -0.3 is 9.64 Å². The molecule has 0 aliphatic carbocycles. The van der Waals surface area contributed by atoms with Gasteiger partial charge in [0.2, 0.25) is 0 Å². The summed E-state index contributed by atoms with van der Waals surface area (Å²) in [4.78, 5) is 23.4. The van der Waals surface area contributed by atoms with Gasteiger partial charge in [-0.05, 0) is 51.0 Å². The molecule has 0 N–H and O–H groups in total. The Bertz CT molecular complexity index is 937. The quantitative estimate of drug-likeness (QED) is 0.706. The molecule has 1 atom stereocenters. The lowest BCUT2D eigenvalue weighted by Gasteiger charge is -2.32. The molecule has 0 saturated carbocycles. The fourth-order valence-corrected chi connectivity index (χ4v) is 3.73. The van der Waals surface area contributed by atoms with E-state index in [1.807, 2.05) is 36.9 Å². The van der Waals surface area contributed by atoms with E-state index in [-0.39, 0.29) is 12.0 Å². The zero-order valence-corrected chi connectivity index (χ0v) is 15.5. The molecule has 0 spiro atoms. The molecule has 26 heavy (non-hydrogen) atoms. The Morgan fingerprint density at radius 2 is 1.92 bits per heavy atom. The van der Waals surface area contributed by atoms with Crippen LogP contribution in [0.4, 0.5) is 0 Å². The van der Waals surface area contributed by atoms with Crippen molar-refractivity contribution >= 4 is 28.7 Å². The predicted octanol–water partition coefficient (Wildman–Crippen LogP) is 2.78. The van der Waals surface area contributed by atoms with Gasteiger partial charge in [0.15, 0.2) is 0 Å². The highest BCUT2D eigenvalue weighted by Crippen LogP contribution is 2.20. The molecule has 2 aromatic heterocycles. The first-order chi connectivity index (χ1) is 12.6. The number of ether oxygens (including phenoxy) is 1. The van der Waals surface area contributed by atoms with Crippen molar-refractivity contribution in [1.29, 1.82) is 0 Å². The second kappa shape index (κ2) is 6.95. The largest absolute Gasteiger partial charge is 0.458 e. The molecule has 1 saturated heterocycles. The Hall–Kier alpha value is -2.61. The molecule has 1 aromatic carbocycles. The predicted molar refractivity (Wildman–Crippen MR) is 98.5 cm³/mol. The third kappa shape index (κ3) is 3.50. The van der Waals surface area contributed by atoms with Gasteiger partial charge in [-0.3, -0.25) is 4.79 Å². The third-order valence-corrected chi connectivity index (χ3v) is 4.96. The Labute approximate surface area is 155 Å². The van der Waals surface area contributed by atoms with Gasteiger partial charge >= 0.3 is 6.01 Å². The summed E-state index contributed by atoms with van der Waals surface area (Å²) in [5.74, 6) is -0.00505. The van der Waals surface area contributed by atoms with Crippen molar-refractivity contribution in [2.45, 2.75) is 32.8 Å². The summed E-state index contributed by atoms with van der Waals surface area (Å²) >= 11 is 1.15. The van der Waals surface area contributed by atoms with E-state index in [1.165, 1.54) is 0 Å². The average Bonchev–Trinajstić information content (AvgIpc) is 3.08. The van der Waals surface area contributed by atoms with E-state index in [9.17, 15) is 4.79 Å². The molecular formula is C18H19N5O2S. The van der Waals surface area contributed by atoms with Gasteiger partial charge in [-0.1, -0.05) is 0 Å². The summed E-state index contributed by atoms with van der Waals surface area (Å²) in [6.45, 7) is 5.09. The number of nitrogens with zero attached hydrogens (tertiary/aromatic N) is 5. The number of benzene rings is 1. The second-order valence-corrected chi connectivity index (χ2v) is 7.06. The number of carbonyl (C=O) groups is 1. The highest BCUT2D eigenvalue weighted by atomic mass is 32.1. The molecule has 3 aromatic rings. The fourth-order valence-electron chi connectivity index (χ4n) is 3.21. The van der Waals surface area contributed by atoms with Crippen LogP contribution in [-0.4, -0.2) is 48.7 Å². The van der Waals surface area contributed by atoms with E-state index in [0.717, 1.165) is 53.5 Å². The number of rotatable bonds is 3. The Balaban J connectivity index is 1.47. The summed E-state index contributed by atoms with van der Waals surface area (Å²) in [5, 5.41) is 0. The molecule has 8 heteroatoms. The molecule has 134 valence electrons. The van der Waals surface area contributed by atoms with Gasteiger partial charge in [-0.15, -0.1) is 0 Å². The van der Waals surface area contributed by atoms with Crippen LogP contribution in [0.25, 0.3) is 11.0 Å². The molecule has 4 rings (SSSR count). The minimum absolute atomic E-state index is 0.00505. The van der Waals surface area contributed by atoms with Crippen LogP contribution in [0.3, 0.4) is 0 Å². The topological polar surface area (TPSA) is 81.1 Å². The first-order valence-electron chi connectivity index (χ1n) is 8.59. The Kier molecular flexibility index (Phi) is 4.50. The van der Waals surface area contributed by atoms with E-state index in [0.29, 0.717) is 18.1 Å². The van der Waals surface area contributed by atoms with E-state index < -0.39 is 0 Å². The lowest BCUT2D eigenvalue weighted by Crippen LogP contribution is -2.44. The number of aromatic nitrogens is 4. The molecule has 0 unspecified atom stereocenters. The summed E-state index contributed by atoms with van der Waals surface area (Å²) in [5.41, 5.74) is 3.96. The number of piperidine rings is 1. The van der Waals surface area contributed by atoms with E-state index in [4.69, 9.17) is 4.74 Å². The molecule has 0 radical (unpaired) electrons. The van der Waals surface area contributed by atoms with Crippen LogP contribution in [0.15, 0.2) is 24.3 Å². The van der Waals surface area contributed by atoms with Crippen LogP contribution in [-0.2, 0) is 0 Å². The molecule has 3 heterocycles. The number of carbonyl (C=O) groups excluding carboxylic acids is 1. The van der Waals surface area contributed by atoms with Gasteiger partial charge in [-0.2, -0.15) is 8.75 Å². The molecule has 1 aliphatic rings. The van der Waals surface area contributed by atoms with Crippen molar-refractivity contribution in [1.82, 2.24) is 23.6 Å². The first-order valence-corrected chi connectivity index (χ1v) is 9.32. The van der Waals surface area contributed by atoms with Gasteiger partial charge in [-0.25, -0.2) is 9.97 Å². The zero-order chi connectivity index (χ0) is 18.1. The number of hydrogen-bond donors (Lipinski definition) is 0. The fraction of sp³-hybridized carbons (Fsp3) is 0.389. The van der Waals surface area contributed by atoms with Crippen molar-refractivity contribution in [3.63, 3.8) is 0 Å². The van der Waals surface area contributed by atoms with E-state index >= 15 is 0 Å². The maximum atomic E-state index is 12.9. The number of likely N-dealkylation sites (tertiary alicyclic amines) is 1. The Morgan fingerprint density at radius 3 is 2.73 bits per heavy atom. The molecular weight excluding hydrogens is 350 g/mol. The summed E-state index contributed by atoms with van der Waals surface area (Å²) < 4.78 is 14.3. The monoisotopic (exact) mass is 369 g/mol. The zero-order valence-electron chi connectivity index (χ0n) is 14.7. The van der Waals surface area contributed by atoms with Crippen LogP contribution < -0.4 is 4.74 Å². The van der Waals surface area contributed by atoms with Crippen LogP contribution in [0, 0.1) is 13.8 Å². The average molecular weight is 369 g/mol. The molecule has 1 fully saturated rings. The van der Waals surface area contributed by atoms with Gasteiger partial charge in [0.05, 0.1) is 18.3 Å². The number of amides is 1. The maximum Gasteiger partial charge on any atom is 0.317 e. The molecule has 0 bridgehead atoms. The van der Waals surface area contributed by atoms with Crippen molar-refractivity contribution in [3.8, 4) is 6.01 Å². The van der Waals surface area contributed by atoms with Crippen molar-refractivity contribution < 1.29 is 9.53 Å². The first kappa shape index (κ1) is 16.8. The molecule has 1 aliphatic heterocycles. The van der Waals surface area contributed by atoms with Crippen molar-refractivity contribution in [2.24, 2.45) is 0 Å². The van der Waals surface area contributed by atoms with Crippen LogP contribution in [0.2, 0.25) is 0 Å². The Morgan fingerprint density at radius 1 is 1.15 bits per heavy atom. The second-order valence-electron chi connectivity index (χ2n) is 6.53. The lowest BCUT2D eigenvalue weighted by atomic mass is 10.1. The highest BCUT2D eigenvalue weighted by molar-refractivity contribution is 7.00. The highest BCUT2D eigenvalue weighted by Gasteiger charge is 2.26. The summed E-state index contributed by atoms with van der Waals surface area (Å²) in [6, 6.07) is 7.75. The number of aryl methyl sites for hydroxylation is 2. The maximum absolute atomic E-state index is 12.9.